The summed E-state index contributed by atoms with van der Waals surface area (Å²) in [4.78, 5) is 1.18. The van der Waals surface area contributed by atoms with E-state index in [1.807, 2.05) is 18.2 Å². The second kappa shape index (κ2) is 3.39. The zero-order valence-corrected chi connectivity index (χ0v) is 10.3. The van der Waals surface area contributed by atoms with Crippen LogP contribution >= 0.6 is 11.8 Å². The molecule has 2 heterocycles. The Kier molecular flexibility index (Phi) is 2.21. The third-order valence-electron chi connectivity index (χ3n) is 2.72. The number of ether oxygens (including phenoxy) is 2. The number of hydrogen-bond donors (Lipinski definition) is 1. The normalized spacial score (nSPS) is 25.1. The quantitative estimate of drug-likeness (QED) is 0.751. The van der Waals surface area contributed by atoms with Gasteiger partial charge in [-0.1, -0.05) is 26.0 Å². The third-order valence-corrected chi connectivity index (χ3v) is 3.91. The van der Waals surface area contributed by atoms with Gasteiger partial charge in [-0.3, -0.25) is 0 Å². The Labute approximate surface area is 99.5 Å². The molecule has 0 atom stereocenters. The van der Waals surface area contributed by atoms with E-state index in [4.69, 9.17) is 9.47 Å². The van der Waals surface area contributed by atoms with Crippen molar-refractivity contribution in [3.8, 4) is 0 Å². The van der Waals surface area contributed by atoms with Crippen molar-refractivity contribution < 1.29 is 9.47 Å². The van der Waals surface area contributed by atoms with E-state index in [1.54, 1.807) is 11.8 Å². The molecule has 1 fully saturated rings. The first kappa shape index (κ1) is 10.4. The first-order valence-electron chi connectivity index (χ1n) is 5.43. The first-order valence-corrected chi connectivity index (χ1v) is 6.24. The van der Waals surface area contributed by atoms with Crippen LogP contribution in [0.15, 0.2) is 29.2 Å². The summed E-state index contributed by atoms with van der Waals surface area (Å²) in [7, 11) is 0. The van der Waals surface area contributed by atoms with Crippen molar-refractivity contribution in [1.82, 2.24) is 0 Å². The summed E-state index contributed by atoms with van der Waals surface area (Å²) in [6, 6.07) is 8.16. The summed E-state index contributed by atoms with van der Waals surface area (Å²) in [5.74, 6) is 0. The highest BCUT2D eigenvalue weighted by molar-refractivity contribution is 8.01. The summed E-state index contributed by atoms with van der Waals surface area (Å²) in [6.45, 7) is 5.71. The number of fused-ring (bicyclic) bond motifs is 1. The number of rotatable bonds is 0. The summed E-state index contributed by atoms with van der Waals surface area (Å²) < 4.78 is 11.7. The van der Waals surface area contributed by atoms with Gasteiger partial charge < -0.3 is 14.8 Å². The van der Waals surface area contributed by atoms with Gasteiger partial charge in [0.2, 0.25) is 0 Å². The zero-order chi connectivity index (χ0) is 11.2. The van der Waals surface area contributed by atoms with Crippen molar-refractivity contribution in [3.05, 3.63) is 24.3 Å². The van der Waals surface area contributed by atoms with Gasteiger partial charge in [-0.15, -0.1) is 0 Å². The first-order chi connectivity index (χ1) is 7.59. The fourth-order valence-electron chi connectivity index (χ4n) is 1.79. The molecule has 3 nitrogen and oxygen atoms in total. The number of thioether (sulfide) groups is 1. The molecule has 0 saturated carbocycles. The molecule has 0 amide bonds. The highest BCUT2D eigenvalue weighted by atomic mass is 32.2. The monoisotopic (exact) mass is 237 g/mol. The van der Waals surface area contributed by atoms with Crippen LogP contribution in [-0.2, 0) is 9.47 Å². The summed E-state index contributed by atoms with van der Waals surface area (Å²) in [5, 5.41) is 2.61. The Morgan fingerprint density at radius 3 is 2.56 bits per heavy atom. The molecular formula is C12H15NO2S. The van der Waals surface area contributed by atoms with Crippen LogP contribution in [0.5, 0.6) is 0 Å². The lowest BCUT2D eigenvalue weighted by molar-refractivity contribution is -0.229. The van der Waals surface area contributed by atoms with E-state index in [-0.39, 0.29) is 5.41 Å². The van der Waals surface area contributed by atoms with Gasteiger partial charge in [-0.05, 0) is 23.9 Å². The molecule has 1 saturated heterocycles. The van der Waals surface area contributed by atoms with E-state index >= 15 is 0 Å². The predicted molar refractivity (Wildman–Crippen MR) is 64.3 cm³/mol. The van der Waals surface area contributed by atoms with Gasteiger partial charge in [0.25, 0.3) is 0 Å². The molecule has 1 N–H and O–H groups in total. The van der Waals surface area contributed by atoms with Gasteiger partial charge in [0.1, 0.15) is 0 Å². The Morgan fingerprint density at radius 1 is 1.19 bits per heavy atom. The average molecular weight is 237 g/mol. The van der Waals surface area contributed by atoms with Crippen LogP contribution in [0.25, 0.3) is 0 Å². The molecule has 4 heteroatoms. The second-order valence-electron chi connectivity index (χ2n) is 5.02. The Morgan fingerprint density at radius 2 is 1.88 bits per heavy atom. The van der Waals surface area contributed by atoms with Crippen LogP contribution in [0.3, 0.4) is 0 Å². The topological polar surface area (TPSA) is 30.5 Å². The maximum atomic E-state index is 5.85. The standard InChI is InChI=1S/C12H15NO2S/c1-11(2)7-14-12(15-8-11)13-9-5-3-4-6-10(9)16-12/h3-6,13H,7-8H2,1-2H3. The Bertz CT molecular complexity index is 382. The van der Waals surface area contributed by atoms with E-state index in [1.165, 1.54) is 4.90 Å². The van der Waals surface area contributed by atoms with Gasteiger partial charge in [-0.25, -0.2) is 0 Å². The average Bonchev–Trinajstić information content (AvgIpc) is 2.62. The fraction of sp³-hybridized carbons (Fsp3) is 0.500. The van der Waals surface area contributed by atoms with Gasteiger partial charge >= 0.3 is 5.24 Å². The summed E-state index contributed by atoms with van der Waals surface area (Å²) in [5.41, 5.74) is 1.19. The Hall–Kier alpha value is -0.710. The molecule has 0 aliphatic carbocycles. The molecule has 16 heavy (non-hydrogen) atoms. The van der Waals surface area contributed by atoms with Crippen LogP contribution in [0, 0.1) is 5.41 Å². The summed E-state index contributed by atoms with van der Waals surface area (Å²) in [6.07, 6.45) is 0. The molecule has 86 valence electrons. The van der Waals surface area contributed by atoms with Gasteiger partial charge in [-0.2, -0.15) is 0 Å². The highest BCUT2D eigenvalue weighted by Crippen LogP contribution is 2.49. The molecule has 3 rings (SSSR count). The molecule has 0 radical (unpaired) electrons. The number of para-hydroxylation sites is 1. The minimum Gasteiger partial charge on any atom is -0.324 e. The van der Waals surface area contributed by atoms with Gasteiger partial charge in [0.05, 0.1) is 18.9 Å². The molecule has 1 spiro atoms. The lowest BCUT2D eigenvalue weighted by Crippen LogP contribution is -2.48. The maximum Gasteiger partial charge on any atom is 0.307 e. The SMILES string of the molecule is CC1(C)COC2(Nc3ccccc3S2)OC1. The zero-order valence-electron chi connectivity index (χ0n) is 9.45. The lowest BCUT2D eigenvalue weighted by atomic mass is 9.96. The number of anilines is 1. The molecule has 2 aliphatic rings. The van der Waals surface area contributed by atoms with Crippen LogP contribution < -0.4 is 5.32 Å². The van der Waals surface area contributed by atoms with Crippen molar-refractivity contribution in [2.45, 2.75) is 24.0 Å². The predicted octanol–water partition coefficient (Wildman–Crippen LogP) is 2.89. The van der Waals surface area contributed by atoms with E-state index < -0.39 is 5.24 Å². The minimum absolute atomic E-state index is 0.0995. The molecule has 0 aromatic heterocycles. The van der Waals surface area contributed by atoms with Crippen LogP contribution in [0.1, 0.15) is 13.8 Å². The molecule has 0 bridgehead atoms. The van der Waals surface area contributed by atoms with Gasteiger partial charge in [0.15, 0.2) is 0 Å². The van der Waals surface area contributed by atoms with Gasteiger partial charge in [0, 0.05) is 10.3 Å². The van der Waals surface area contributed by atoms with Crippen molar-refractivity contribution in [3.63, 3.8) is 0 Å². The minimum atomic E-state index is -0.695. The van der Waals surface area contributed by atoms with Crippen molar-refractivity contribution in [2.75, 3.05) is 18.5 Å². The smallest absolute Gasteiger partial charge is 0.307 e. The molecule has 1 aromatic rings. The largest absolute Gasteiger partial charge is 0.324 e. The Balaban J connectivity index is 1.81. The van der Waals surface area contributed by atoms with Crippen LogP contribution in [0.2, 0.25) is 0 Å². The third kappa shape index (κ3) is 1.71. The van der Waals surface area contributed by atoms with Crippen molar-refractivity contribution >= 4 is 17.4 Å². The van der Waals surface area contributed by atoms with E-state index in [2.05, 4.69) is 25.2 Å². The molecule has 0 unspecified atom stereocenters. The molecule has 1 aromatic carbocycles. The second-order valence-corrected chi connectivity index (χ2v) is 6.20. The van der Waals surface area contributed by atoms with Crippen molar-refractivity contribution in [2.24, 2.45) is 5.41 Å². The number of nitrogens with one attached hydrogen (secondary N) is 1. The fourth-order valence-corrected chi connectivity index (χ4v) is 2.85. The highest BCUT2D eigenvalue weighted by Gasteiger charge is 2.46. The summed E-state index contributed by atoms with van der Waals surface area (Å²) >= 11 is 1.60. The van der Waals surface area contributed by atoms with Crippen molar-refractivity contribution in [1.29, 1.82) is 0 Å². The maximum absolute atomic E-state index is 5.85. The van der Waals surface area contributed by atoms with Crippen LogP contribution in [0.4, 0.5) is 5.69 Å². The molecular weight excluding hydrogens is 222 g/mol. The number of benzene rings is 1. The number of hydrogen-bond acceptors (Lipinski definition) is 4. The van der Waals surface area contributed by atoms with E-state index in [9.17, 15) is 0 Å². The lowest BCUT2D eigenvalue weighted by Gasteiger charge is -2.40. The van der Waals surface area contributed by atoms with Crippen LogP contribution in [-0.4, -0.2) is 18.5 Å². The molecule has 2 aliphatic heterocycles. The van der Waals surface area contributed by atoms with E-state index in [0.717, 1.165) is 5.69 Å². The van der Waals surface area contributed by atoms with E-state index in [0.29, 0.717) is 13.2 Å².